The number of rotatable bonds is 8. The van der Waals surface area contributed by atoms with Crippen molar-refractivity contribution in [3.8, 4) is 0 Å². The van der Waals surface area contributed by atoms with Crippen molar-refractivity contribution in [3.63, 3.8) is 0 Å². The van der Waals surface area contributed by atoms with Crippen LogP contribution in [-0.2, 0) is 11.2 Å². The molecule has 1 aromatic rings. The second-order valence-electron chi connectivity index (χ2n) is 4.50. The summed E-state index contributed by atoms with van der Waals surface area (Å²) in [6.45, 7) is 2.13. The molecule has 0 bridgehead atoms. The Morgan fingerprint density at radius 2 is 2.11 bits per heavy atom. The van der Waals surface area contributed by atoms with Crippen molar-refractivity contribution in [1.29, 1.82) is 0 Å². The van der Waals surface area contributed by atoms with E-state index in [0.717, 1.165) is 18.4 Å². The van der Waals surface area contributed by atoms with Gasteiger partial charge < -0.3 is 5.11 Å². The normalized spacial score (nSPS) is 11.6. The average Bonchev–Trinajstić information content (AvgIpc) is 2.39. The Kier molecular flexibility index (Phi) is 6.47. The lowest BCUT2D eigenvalue weighted by atomic mass is 9.99. The summed E-state index contributed by atoms with van der Waals surface area (Å²) in [6, 6.07) is 7.72. The van der Waals surface area contributed by atoms with Gasteiger partial charge in [-0.2, -0.15) is 0 Å². The summed E-state index contributed by atoms with van der Waals surface area (Å²) in [5.41, 5.74) is 10.8. The highest BCUT2D eigenvalue weighted by Gasteiger charge is 2.10. The van der Waals surface area contributed by atoms with Crippen LogP contribution in [0.3, 0.4) is 0 Å². The molecule has 0 aliphatic carbocycles. The number of carboxylic acids is 1. The third kappa shape index (κ3) is 5.44. The minimum Gasteiger partial charge on any atom is -0.481 e. The minimum atomic E-state index is -0.821. The van der Waals surface area contributed by atoms with Gasteiger partial charge in [-0.3, -0.25) is 4.79 Å². The number of nitrogens with zero attached hydrogens (tertiary/aromatic N) is 3. The minimum absolute atomic E-state index is 0.103. The van der Waals surface area contributed by atoms with Crippen molar-refractivity contribution in [1.82, 2.24) is 0 Å². The maximum Gasteiger partial charge on any atom is 0.303 e. The molecule has 0 amide bonds. The first-order valence-corrected chi connectivity index (χ1v) is 6.52. The van der Waals surface area contributed by atoms with Crippen LogP contribution in [-0.4, -0.2) is 11.1 Å². The lowest BCUT2D eigenvalue weighted by Crippen LogP contribution is -1.99. The molecule has 1 rings (SSSR count). The number of benzene rings is 1. The van der Waals surface area contributed by atoms with E-state index in [0.29, 0.717) is 12.8 Å². The third-order valence-electron chi connectivity index (χ3n) is 2.96. The van der Waals surface area contributed by atoms with Crippen LogP contribution in [0.5, 0.6) is 0 Å². The molecule has 0 saturated heterocycles. The van der Waals surface area contributed by atoms with Gasteiger partial charge in [0.1, 0.15) is 0 Å². The molecule has 0 heterocycles. The summed E-state index contributed by atoms with van der Waals surface area (Å²) in [6.07, 6.45) is 3.30. The maximum atomic E-state index is 10.5. The van der Waals surface area contributed by atoms with E-state index < -0.39 is 5.97 Å². The molecule has 0 fully saturated rings. The lowest BCUT2D eigenvalue weighted by Gasteiger charge is -2.11. The van der Waals surface area contributed by atoms with Crippen LogP contribution in [0.1, 0.15) is 49.8 Å². The van der Waals surface area contributed by atoms with Gasteiger partial charge in [0.15, 0.2) is 0 Å². The summed E-state index contributed by atoms with van der Waals surface area (Å²) >= 11 is 0. The van der Waals surface area contributed by atoms with Gasteiger partial charge in [0, 0.05) is 11.3 Å². The van der Waals surface area contributed by atoms with E-state index in [1.54, 1.807) is 0 Å². The molecule has 0 aromatic heterocycles. The van der Waals surface area contributed by atoms with Crippen molar-refractivity contribution in [2.45, 2.75) is 45.1 Å². The predicted molar refractivity (Wildman–Crippen MR) is 73.8 cm³/mol. The zero-order valence-electron chi connectivity index (χ0n) is 11.1. The molecule has 102 valence electrons. The molecule has 1 aromatic carbocycles. The Morgan fingerprint density at radius 3 is 2.63 bits per heavy atom. The van der Waals surface area contributed by atoms with Crippen LogP contribution in [0.15, 0.2) is 29.4 Å². The fourth-order valence-electron chi connectivity index (χ4n) is 2.00. The van der Waals surface area contributed by atoms with E-state index in [1.165, 1.54) is 5.56 Å². The molecule has 1 atom stereocenters. The summed E-state index contributed by atoms with van der Waals surface area (Å²) in [5, 5.41) is 12.4. The zero-order valence-corrected chi connectivity index (χ0v) is 11.1. The zero-order chi connectivity index (χ0) is 14.1. The molecule has 0 aliphatic rings. The first kappa shape index (κ1) is 15.1. The molecular formula is C14H19N3O2. The van der Waals surface area contributed by atoms with Gasteiger partial charge in [-0.1, -0.05) is 42.7 Å². The van der Waals surface area contributed by atoms with Crippen LogP contribution < -0.4 is 0 Å². The summed E-state index contributed by atoms with van der Waals surface area (Å²) in [4.78, 5) is 13.3. The Bertz CT molecular complexity index is 450. The van der Waals surface area contributed by atoms with Gasteiger partial charge in [0.25, 0.3) is 0 Å². The van der Waals surface area contributed by atoms with Gasteiger partial charge >= 0.3 is 5.97 Å². The van der Waals surface area contributed by atoms with E-state index in [9.17, 15) is 4.79 Å². The van der Waals surface area contributed by atoms with Crippen molar-refractivity contribution >= 4 is 5.97 Å². The molecule has 0 radical (unpaired) electrons. The summed E-state index contributed by atoms with van der Waals surface area (Å²) in [7, 11) is 0. The molecule has 19 heavy (non-hydrogen) atoms. The molecule has 1 N–H and O–H groups in total. The van der Waals surface area contributed by atoms with Crippen molar-refractivity contribution in [3.05, 3.63) is 45.8 Å². The van der Waals surface area contributed by atoms with Crippen LogP contribution in [0, 0.1) is 0 Å². The van der Waals surface area contributed by atoms with E-state index in [-0.39, 0.29) is 12.5 Å². The highest BCUT2D eigenvalue weighted by Crippen LogP contribution is 2.24. The maximum absolute atomic E-state index is 10.5. The van der Waals surface area contributed by atoms with E-state index in [1.807, 2.05) is 24.3 Å². The van der Waals surface area contributed by atoms with E-state index in [2.05, 4.69) is 16.9 Å². The van der Waals surface area contributed by atoms with Crippen molar-refractivity contribution < 1.29 is 9.90 Å². The number of hydrogen-bond acceptors (Lipinski definition) is 2. The van der Waals surface area contributed by atoms with Crippen molar-refractivity contribution in [2.75, 3.05) is 0 Å². The number of azide groups is 1. The molecule has 0 aliphatic heterocycles. The molecule has 1 unspecified atom stereocenters. The van der Waals surface area contributed by atoms with Gasteiger partial charge in [0.05, 0.1) is 6.04 Å². The first-order valence-electron chi connectivity index (χ1n) is 6.52. The van der Waals surface area contributed by atoms with Crippen LogP contribution in [0.4, 0.5) is 0 Å². The highest BCUT2D eigenvalue weighted by molar-refractivity contribution is 5.66. The summed E-state index contributed by atoms with van der Waals surface area (Å²) < 4.78 is 0. The third-order valence-corrected chi connectivity index (χ3v) is 2.96. The number of carbonyl (C=O) groups is 1. The smallest absolute Gasteiger partial charge is 0.303 e. The Balaban J connectivity index is 2.69. The number of hydrogen-bond donors (Lipinski definition) is 1. The van der Waals surface area contributed by atoms with Gasteiger partial charge in [-0.15, -0.1) is 0 Å². The Hall–Kier alpha value is -2.00. The standard InChI is InChI=1S/C14H19N3O2/c1-2-4-11-7-9-12(10-8-11)13(16-17-15)5-3-6-14(18)19/h7-10,13H,2-6H2,1H3,(H,18,19). The van der Waals surface area contributed by atoms with Gasteiger partial charge in [-0.25, -0.2) is 0 Å². The molecule has 5 heteroatoms. The Morgan fingerprint density at radius 1 is 1.42 bits per heavy atom. The molecular weight excluding hydrogens is 242 g/mol. The molecule has 0 saturated carbocycles. The Labute approximate surface area is 112 Å². The quantitative estimate of drug-likeness (QED) is 0.431. The SMILES string of the molecule is CCCc1ccc(C(CCCC(=O)O)N=[N+]=[N-])cc1. The van der Waals surface area contributed by atoms with Gasteiger partial charge in [0.2, 0.25) is 0 Å². The fourth-order valence-corrected chi connectivity index (χ4v) is 2.00. The topological polar surface area (TPSA) is 86.1 Å². The monoisotopic (exact) mass is 261 g/mol. The van der Waals surface area contributed by atoms with Crippen LogP contribution in [0.2, 0.25) is 0 Å². The first-order chi connectivity index (χ1) is 9.17. The lowest BCUT2D eigenvalue weighted by molar-refractivity contribution is -0.137. The fraction of sp³-hybridized carbons (Fsp3) is 0.500. The van der Waals surface area contributed by atoms with E-state index in [4.69, 9.17) is 10.6 Å². The number of aliphatic carboxylic acids is 1. The van der Waals surface area contributed by atoms with Crippen LogP contribution >= 0.6 is 0 Å². The predicted octanol–water partition coefficient (Wildman–Crippen LogP) is 4.25. The number of carboxylic acid groups (broad SMARTS) is 1. The largest absolute Gasteiger partial charge is 0.481 e. The second-order valence-corrected chi connectivity index (χ2v) is 4.50. The second kappa shape index (κ2) is 8.16. The molecule has 0 spiro atoms. The van der Waals surface area contributed by atoms with Crippen molar-refractivity contribution in [2.24, 2.45) is 5.11 Å². The van der Waals surface area contributed by atoms with Crippen LogP contribution in [0.25, 0.3) is 10.4 Å². The molecule has 5 nitrogen and oxygen atoms in total. The van der Waals surface area contributed by atoms with Gasteiger partial charge in [-0.05, 0) is 35.9 Å². The summed E-state index contributed by atoms with van der Waals surface area (Å²) in [5.74, 6) is -0.821. The van der Waals surface area contributed by atoms with E-state index >= 15 is 0 Å². The number of aryl methyl sites for hydroxylation is 1. The highest BCUT2D eigenvalue weighted by atomic mass is 16.4. The average molecular weight is 261 g/mol.